The molecule has 0 aliphatic rings. The van der Waals surface area contributed by atoms with Gasteiger partial charge in [0.2, 0.25) is 5.91 Å². The fourth-order valence-corrected chi connectivity index (χ4v) is 1.08. The van der Waals surface area contributed by atoms with Crippen LogP contribution in [0.15, 0.2) is 12.7 Å². The molecule has 0 unspecified atom stereocenters. The van der Waals surface area contributed by atoms with Gasteiger partial charge in [-0.3, -0.25) is 4.79 Å². The molecule has 0 bridgehead atoms. The van der Waals surface area contributed by atoms with Crippen molar-refractivity contribution < 1.29 is 9.53 Å². The van der Waals surface area contributed by atoms with E-state index in [0.29, 0.717) is 19.6 Å². The first kappa shape index (κ1) is 14.1. The van der Waals surface area contributed by atoms with Crippen LogP contribution in [-0.2, 0) is 9.53 Å². The highest BCUT2D eigenvalue weighted by atomic mass is 16.5. The van der Waals surface area contributed by atoms with Crippen LogP contribution in [0.3, 0.4) is 0 Å². The van der Waals surface area contributed by atoms with Crippen LogP contribution < -0.4 is 10.6 Å². The van der Waals surface area contributed by atoms with Gasteiger partial charge in [-0.15, -0.1) is 6.58 Å². The fourth-order valence-electron chi connectivity index (χ4n) is 1.08. The Hall–Kier alpha value is -0.870. The van der Waals surface area contributed by atoms with Crippen molar-refractivity contribution in [2.75, 3.05) is 33.4 Å². The van der Waals surface area contributed by atoms with E-state index in [9.17, 15) is 4.79 Å². The summed E-state index contributed by atoms with van der Waals surface area (Å²) in [4.78, 5) is 11.2. The third-order valence-electron chi connectivity index (χ3n) is 1.85. The molecule has 15 heavy (non-hydrogen) atoms. The largest absolute Gasteiger partial charge is 0.377 e. The fraction of sp³-hybridized carbons (Fsp3) is 0.727. The van der Waals surface area contributed by atoms with Crippen LogP contribution in [0, 0.1) is 0 Å². The normalized spacial score (nSPS) is 9.93. The lowest BCUT2D eigenvalue weighted by atomic mass is 10.3. The SMILES string of the molecule is C=CCOCCCC(=O)NCCCNC. The van der Waals surface area contributed by atoms with E-state index in [1.807, 2.05) is 7.05 Å². The van der Waals surface area contributed by atoms with E-state index in [-0.39, 0.29) is 5.91 Å². The molecule has 88 valence electrons. The van der Waals surface area contributed by atoms with Gasteiger partial charge < -0.3 is 15.4 Å². The second-order valence-electron chi connectivity index (χ2n) is 3.27. The monoisotopic (exact) mass is 214 g/mol. The molecule has 0 aromatic rings. The van der Waals surface area contributed by atoms with E-state index in [4.69, 9.17) is 4.74 Å². The maximum Gasteiger partial charge on any atom is 0.220 e. The van der Waals surface area contributed by atoms with Crippen molar-refractivity contribution in [2.45, 2.75) is 19.3 Å². The molecule has 4 heteroatoms. The Morgan fingerprint density at radius 1 is 1.40 bits per heavy atom. The lowest BCUT2D eigenvalue weighted by Gasteiger charge is -2.04. The Balaban J connectivity index is 3.15. The summed E-state index contributed by atoms with van der Waals surface area (Å²) in [6, 6.07) is 0. The van der Waals surface area contributed by atoms with Gasteiger partial charge in [0.1, 0.15) is 0 Å². The first-order chi connectivity index (χ1) is 7.31. The Bertz CT molecular complexity index is 172. The molecule has 0 fully saturated rings. The quantitative estimate of drug-likeness (QED) is 0.415. The first-order valence-corrected chi connectivity index (χ1v) is 5.41. The van der Waals surface area contributed by atoms with Crippen molar-refractivity contribution in [3.63, 3.8) is 0 Å². The number of ether oxygens (including phenoxy) is 1. The average Bonchev–Trinajstić information content (AvgIpc) is 2.24. The zero-order valence-electron chi connectivity index (χ0n) is 9.55. The molecule has 0 atom stereocenters. The second kappa shape index (κ2) is 11.2. The number of carbonyl (C=O) groups is 1. The van der Waals surface area contributed by atoms with Gasteiger partial charge in [-0.1, -0.05) is 6.08 Å². The van der Waals surface area contributed by atoms with E-state index in [1.165, 1.54) is 0 Å². The minimum absolute atomic E-state index is 0.105. The van der Waals surface area contributed by atoms with Crippen molar-refractivity contribution in [1.82, 2.24) is 10.6 Å². The summed E-state index contributed by atoms with van der Waals surface area (Å²) in [5, 5.41) is 5.88. The summed E-state index contributed by atoms with van der Waals surface area (Å²) in [5.74, 6) is 0.105. The molecule has 0 spiro atoms. The van der Waals surface area contributed by atoms with E-state index >= 15 is 0 Å². The molecule has 0 aliphatic carbocycles. The average molecular weight is 214 g/mol. The van der Waals surface area contributed by atoms with Gasteiger partial charge in [0.25, 0.3) is 0 Å². The van der Waals surface area contributed by atoms with Crippen molar-refractivity contribution in [3.05, 3.63) is 12.7 Å². The topological polar surface area (TPSA) is 50.4 Å². The van der Waals surface area contributed by atoms with Gasteiger partial charge in [-0.05, 0) is 26.4 Å². The van der Waals surface area contributed by atoms with Gasteiger partial charge in [-0.25, -0.2) is 0 Å². The van der Waals surface area contributed by atoms with Crippen LogP contribution in [0.4, 0.5) is 0 Å². The zero-order chi connectivity index (χ0) is 11.4. The molecular formula is C11H22N2O2. The molecular weight excluding hydrogens is 192 g/mol. The number of hydrogen-bond donors (Lipinski definition) is 2. The molecule has 0 aromatic heterocycles. The summed E-state index contributed by atoms with van der Waals surface area (Å²) < 4.78 is 5.17. The Morgan fingerprint density at radius 3 is 2.87 bits per heavy atom. The van der Waals surface area contributed by atoms with E-state index in [1.54, 1.807) is 6.08 Å². The molecule has 1 amide bonds. The van der Waals surface area contributed by atoms with Gasteiger partial charge in [0.15, 0.2) is 0 Å². The first-order valence-electron chi connectivity index (χ1n) is 5.41. The Kier molecular flexibility index (Phi) is 10.6. The van der Waals surface area contributed by atoms with Gasteiger partial charge in [-0.2, -0.15) is 0 Å². The summed E-state index contributed by atoms with van der Waals surface area (Å²) in [5.41, 5.74) is 0. The molecule has 4 nitrogen and oxygen atoms in total. The third kappa shape index (κ3) is 11.1. The molecule has 0 aliphatic heterocycles. The highest BCUT2D eigenvalue weighted by Crippen LogP contribution is 1.90. The zero-order valence-corrected chi connectivity index (χ0v) is 9.55. The summed E-state index contributed by atoms with van der Waals surface area (Å²) in [6.45, 7) is 6.40. The van der Waals surface area contributed by atoms with E-state index in [2.05, 4.69) is 17.2 Å². The molecule has 0 radical (unpaired) electrons. The van der Waals surface area contributed by atoms with Crippen LogP contribution in [0.1, 0.15) is 19.3 Å². The van der Waals surface area contributed by atoms with Crippen LogP contribution in [0.2, 0.25) is 0 Å². The predicted molar refractivity (Wildman–Crippen MR) is 61.8 cm³/mol. The molecule has 0 aromatic carbocycles. The molecule has 2 N–H and O–H groups in total. The number of nitrogens with one attached hydrogen (secondary N) is 2. The minimum atomic E-state index is 0.105. The molecule has 0 heterocycles. The van der Waals surface area contributed by atoms with Crippen molar-refractivity contribution in [3.8, 4) is 0 Å². The van der Waals surface area contributed by atoms with Gasteiger partial charge in [0.05, 0.1) is 6.61 Å². The van der Waals surface area contributed by atoms with E-state index in [0.717, 1.165) is 25.9 Å². The Morgan fingerprint density at radius 2 is 2.20 bits per heavy atom. The highest BCUT2D eigenvalue weighted by Gasteiger charge is 1.99. The van der Waals surface area contributed by atoms with Crippen molar-refractivity contribution in [2.24, 2.45) is 0 Å². The second-order valence-corrected chi connectivity index (χ2v) is 3.27. The number of rotatable bonds is 10. The molecule has 0 saturated heterocycles. The van der Waals surface area contributed by atoms with Gasteiger partial charge in [0, 0.05) is 19.6 Å². The van der Waals surface area contributed by atoms with Crippen molar-refractivity contribution >= 4 is 5.91 Å². The number of hydrogen-bond acceptors (Lipinski definition) is 3. The lowest BCUT2D eigenvalue weighted by Crippen LogP contribution is -2.26. The highest BCUT2D eigenvalue weighted by molar-refractivity contribution is 5.75. The summed E-state index contributed by atoms with van der Waals surface area (Å²) >= 11 is 0. The molecule has 0 rings (SSSR count). The third-order valence-corrected chi connectivity index (χ3v) is 1.85. The van der Waals surface area contributed by atoms with Crippen LogP contribution in [0.25, 0.3) is 0 Å². The maximum atomic E-state index is 11.2. The summed E-state index contributed by atoms with van der Waals surface area (Å²) in [7, 11) is 1.90. The van der Waals surface area contributed by atoms with E-state index < -0.39 is 0 Å². The lowest BCUT2D eigenvalue weighted by molar-refractivity contribution is -0.121. The van der Waals surface area contributed by atoms with Gasteiger partial charge >= 0.3 is 0 Å². The summed E-state index contributed by atoms with van der Waals surface area (Å²) in [6.07, 6.45) is 3.98. The van der Waals surface area contributed by atoms with Crippen LogP contribution >= 0.6 is 0 Å². The standard InChI is InChI=1S/C11H22N2O2/c1-3-9-15-10-4-6-11(14)13-8-5-7-12-2/h3,12H,1,4-10H2,2H3,(H,13,14). The predicted octanol–water partition coefficient (Wildman–Crippen LogP) is 0.695. The minimum Gasteiger partial charge on any atom is -0.377 e. The van der Waals surface area contributed by atoms with Crippen LogP contribution in [0.5, 0.6) is 0 Å². The number of carbonyl (C=O) groups excluding carboxylic acids is 1. The maximum absolute atomic E-state index is 11.2. The van der Waals surface area contributed by atoms with Crippen LogP contribution in [-0.4, -0.2) is 39.3 Å². The number of amides is 1. The van der Waals surface area contributed by atoms with Crippen molar-refractivity contribution in [1.29, 1.82) is 0 Å². The molecule has 0 saturated carbocycles. The Labute approximate surface area is 92.1 Å². The smallest absolute Gasteiger partial charge is 0.220 e.